The molecule has 3 heteroatoms. The Bertz CT molecular complexity index is 331. The summed E-state index contributed by atoms with van der Waals surface area (Å²) >= 11 is 0. The highest BCUT2D eigenvalue weighted by molar-refractivity contribution is 5.99. The summed E-state index contributed by atoms with van der Waals surface area (Å²) in [6.45, 7) is 9.84. The number of carbonyl (C=O) groups excluding carboxylic acids is 1. The molecule has 0 N–H and O–H groups in total. The molecule has 3 nitrogen and oxygen atoms in total. The molecule has 0 aromatic carbocycles. The fourth-order valence-corrected chi connectivity index (χ4v) is 1.17. The van der Waals surface area contributed by atoms with Crippen molar-refractivity contribution in [3.05, 3.63) is 18.0 Å². The van der Waals surface area contributed by atoms with Gasteiger partial charge in [-0.2, -0.15) is 5.10 Å². The van der Waals surface area contributed by atoms with Crippen LogP contribution in [0.5, 0.6) is 0 Å². The molecule has 78 valence electrons. The topological polar surface area (TPSA) is 34.9 Å². The Hall–Kier alpha value is -1.12. The Morgan fingerprint density at radius 2 is 2.00 bits per heavy atom. The van der Waals surface area contributed by atoms with Crippen molar-refractivity contribution in [2.45, 2.75) is 40.7 Å². The second-order valence-electron chi connectivity index (χ2n) is 4.88. The minimum absolute atomic E-state index is 0.143. The van der Waals surface area contributed by atoms with E-state index in [1.54, 1.807) is 10.9 Å². The standard InChI is InChI=1S/C11H18N2O/c1-8(2)13-7-9(6-12-13)10(14)11(3,4)5/h6-8H,1-5H3. The minimum atomic E-state index is -0.329. The molecule has 14 heavy (non-hydrogen) atoms. The van der Waals surface area contributed by atoms with Gasteiger partial charge in [-0.3, -0.25) is 9.48 Å². The third-order valence-electron chi connectivity index (χ3n) is 2.07. The Labute approximate surface area is 85.1 Å². The monoisotopic (exact) mass is 194 g/mol. The number of rotatable bonds is 2. The smallest absolute Gasteiger partial charge is 0.171 e. The zero-order valence-electron chi connectivity index (χ0n) is 9.53. The van der Waals surface area contributed by atoms with Crippen LogP contribution in [0.1, 0.15) is 51.0 Å². The molecule has 0 aliphatic heterocycles. The van der Waals surface area contributed by atoms with Crippen molar-refractivity contribution in [2.75, 3.05) is 0 Å². The second kappa shape index (κ2) is 3.56. The Balaban J connectivity index is 2.93. The van der Waals surface area contributed by atoms with Gasteiger partial charge in [0.2, 0.25) is 0 Å². The van der Waals surface area contributed by atoms with Crippen LogP contribution < -0.4 is 0 Å². The van der Waals surface area contributed by atoms with E-state index in [2.05, 4.69) is 5.10 Å². The van der Waals surface area contributed by atoms with E-state index in [-0.39, 0.29) is 11.2 Å². The summed E-state index contributed by atoms with van der Waals surface area (Å²) in [5.74, 6) is 0.143. The first-order chi connectivity index (χ1) is 6.32. The molecule has 0 saturated carbocycles. The van der Waals surface area contributed by atoms with E-state index >= 15 is 0 Å². The van der Waals surface area contributed by atoms with Gasteiger partial charge in [0.05, 0.1) is 11.8 Å². The van der Waals surface area contributed by atoms with Crippen molar-refractivity contribution in [1.29, 1.82) is 0 Å². The number of Topliss-reactive ketones (excluding diaryl/α,β-unsaturated/α-hetero) is 1. The van der Waals surface area contributed by atoms with Crippen molar-refractivity contribution in [3.8, 4) is 0 Å². The average molecular weight is 194 g/mol. The first kappa shape index (κ1) is 11.0. The zero-order chi connectivity index (χ0) is 10.9. The lowest BCUT2D eigenvalue weighted by Crippen LogP contribution is -2.19. The van der Waals surface area contributed by atoms with Crippen molar-refractivity contribution in [2.24, 2.45) is 5.41 Å². The number of aromatic nitrogens is 2. The highest BCUT2D eigenvalue weighted by atomic mass is 16.1. The molecule has 1 aromatic rings. The van der Waals surface area contributed by atoms with E-state index in [0.717, 1.165) is 0 Å². The van der Waals surface area contributed by atoms with E-state index in [4.69, 9.17) is 0 Å². The van der Waals surface area contributed by atoms with E-state index in [1.165, 1.54) is 0 Å². The van der Waals surface area contributed by atoms with Gasteiger partial charge < -0.3 is 0 Å². The maximum absolute atomic E-state index is 11.8. The summed E-state index contributed by atoms with van der Waals surface area (Å²) in [6.07, 6.45) is 3.46. The molecule has 0 radical (unpaired) electrons. The molecule has 0 atom stereocenters. The molecule has 1 heterocycles. The van der Waals surface area contributed by atoms with Crippen LogP contribution in [0.25, 0.3) is 0 Å². The highest BCUT2D eigenvalue weighted by Crippen LogP contribution is 2.20. The van der Waals surface area contributed by atoms with Crippen LogP contribution in [-0.2, 0) is 0 Å². The van der Waals surface area contributed by atoms with Crippen LogP contribution in [0.3, 0.4) is 0 Å². The molecular weight excluding hydrogens is 176 g/mol. The molecule has 0 saturated heterocycles. The van der Waals surface area contributed by atoms with Crippen LogP contribution in [0.2, 0.25) is 0 Å². The minimum Gasteiger partial charge on any atom is -0.293 e. The largest absolute Gasteiger partial charge is 0.293 e. The summed E-state index contributed by atoms with van der Waals surface area (Å²) < 4.78 is 1.80. The summed E-state index contributed by atoms with van der Waals surface area (Å²) in [4.78, 5) is 11.8. The summed E-state index contributed by atoms with van der Waals surface area (Å²) in [5.41, 5.74) is 0.372. The van der Waals surface area contributed by atoms with E-state index in [1.807, 2.05) is 40.8 Å². The van der Waals surface area contributed by atoms with Crippen molar-refractivity contribution in [1.82, 2.24) is 9.78 Å². The Morgan fingerprint density at radius 3 is 2.36 bits per heavy atom. The quantitative estimate of drug-likeness (QED) is 0.678. The molecule has 0 bridgehead atoms. The van der Waals surface area contributed by atoms with Gasteiger partial charge in [-0.25, -0.2) is 0 Å². The number of ketones is 1. The predicted molar refractivity (Wildman–Crippen MR) is 56.4 cm³/mol. The number of hydrogen-bond acceptors (Lipinski definition) is 2. The van der Waals surface area contributed by atoms with Gasteiger partial charge in [-0.15, -0.1) is 0 Å². The molecule has 0 spiro atoms. The maximum Gasteiger partial charge on any atom is 0.171 e. The van der Waals surface area contributed by atoms with E-state index in [9.17, 15) is 4.79 Å². The molecule has 0 aliphatic rings. The van der Waals surface area contributed by atoms with E-state index in [0.29, 0.717) is 11.6 Å². The lowest BCUT2D eigenvalue weighted by Gasteiger charge is -2.14. The summed E-state index contributed by atoms with van der Waals surface area (Å²) in [7, 11) is 0. The molecule has 1 rings (SSSR count). The molecule has 0 aliphatic carbocycles. The van der Waals surface area contributed by atoms with Crippen molar-refractivity contribution in [3.63, 3.8) is 0 Å². The Morgan fingerprint density at radius 1 is 1.43 bits per heavy atom. The zero-order valence-corrected chi connectivity index (χ0v) is 9.53. The van der Waals surface area contributed by atoms with Gasteiger partial charge >= 0.3 is 0 Å². The second-order valence-corrected chi connectivity index (χ2v) is 4.88. The van der Waals surface area contributed by atoms with Crippen molar-refractivity contribution >= 4 is 5.78 Å². The maximum atomic E-state index is 11.8. The normalized spacial score (nSPS) is 12.1. The van der Waals surface area contributed by atoms with Crippen LogP contribution in [0.4, 0.5) is 0 Å². The number of hydrogen-bond donors (Lipinski definition) is 0. The van der Waals surface area contributed by atoms with Crippen LogP contribution >= 0.6 is 0 Å². The lowest BCUT2D eigenvalue weighted by molar-refractivity contribution is 0.0858. The fraction of sp³-hybridized carbons (Fsp3) is 0.636. The van der Waals surface area contributed by atoms with Gasteiger partial charge in [0, 0.05) is 17.7 Å². The SMILES string of the molecule is CC(C)n1cc(C(=O)C(C)(C)C)cn1. The Kier molecular flexibility index (Phi) is 2.79. The molecule has 0 unspecified atom stereocenters. The predicted octanol–water partition coefficient (Wildman–Crippen LogP) is 2.69. The third-order valence-corrected chi connectivity index (χ3v) is 2.07. The van der Waals surface area contributed by atoms with Gasteiger partial charge in [0.25, 0.3) is 0 Å². The van der Waals surface area contributed by atoms with Gasteiger partial charge in [0.15, 0.2) is 5.78 Å². The third kappa shape index (κ3) is 2.22. The number of carbonyl (C=O) groups is 1. The molecular formula is C11H18N2O. The first-order valence-electron chi connectivity index (χ1n) is 4.91. The molecule has 0 fully saturated rings. The van der Waals surface area contributed by atoms with Crippen LogP contribution in [-0.4, -0.2) is 15.6 Å². The molecule has 0 amide bonds. The lowest BCUT2D eigenvalue weighted by atomic mass is 9.88. The average Bonchev–Trinajstić information content (AvgIpc) is 2.48. The van der Waals surface area contributed by atoms with Gasteiger partial charge in [-0.1, -0.05) is 20.8 Å². The van der Waals surface area contributed by atoms with Gasteiger partial charge in [0.1, 0.15) is 0 Å². The van der Waals surface area contributed by atoms with Crippen LogP contribution in [0, 0.1) is 5.41 Å². The van der Waals surface area contributed by atoms with Crippen molar-refractivity contribution < 1.29 is 4.79 Å². The van der Waals surface area contributed by atoms with E-state index < -0.39 is 0 Å². The summed E-state index contributed by atoms with van der Waals surface area (Å²) in [5, 5.41) is 4.15. The summed E-state index contributed by atoms with van der Waals surface area (Å²) in [6, 6.07) is 0.302. The number of nitrogens with zero attached hydrogens (tertiary/aromatic N) is 2. The van der Waals surface area contributed by atoms with Crippen LogP contribution in [0.15, 0.2) is 12.4 Å². The highest BCUT2D eigenvalue weighted by Gasteiger charge is 2.24. The molecule has 1 aromatic heterocycles. The first-order valence-corrected chi connectivity index (χ1v) is 4.91. The fourth-order valence-electron chi connectivity index (χ4n) is 1.17. The van der Waals surface area contributed by atoms with Gasteiger partial charge in [-0.05, 0) is 13.8 Å².